The molecule has 3 heteroatoms. The van der Waals surface area contributed by atoms with Gasteiger partial charge in [-0.05, 0) is 97.2 Å². The Morgan fingerprint density at radius 1 is 0.410 bits per heavy atom. The van der Waals surface area contributed by atoms with Gasteiger partial charge in [0.2, 0.25) is 0 Å². The van der Waals surface area contributed by atoms with Crippen LogP contribution in [-0.4, -0.2) is 4.98 Å². The van der Waals surface area contributed by atoms with Gasteiger partial charge in [0.15, 0.2) is 0 Å². The van der Waals surface area contributed by atoms with E-state index >= 15 is 0 Å². The summed E-state index contributed by atoms with van der Waals surface area (Å²) in [7, 11) is 0. The molecule has 0 bridgehead atoms. The Morgan fingerprint density at radius 2 is 1.02 bits per heavy atom. The maximum atomic E-state index is 5.37. The van der Waals surface area contributed by atoms with Gasteiger partial charge in [-0.2, -0.15) is 0 Å². The fraction of sp³-hybridized carbons (Fsp3) is 0.0172. The van der Waals surface area contributed by atoms with Crippen molar-refractivity contribution < 1.29 is 0 Å². The highest BCUT2D eigenvalue weighted by Gasteiger charge is 2.47. The first kappa shape index (κ1) is 35.4. The SMILES string of the molecule is c1ccc(-c2ccc(N(c3cc4c(cn3)sc3ccc5ccccc5c34)c3cc4c(cc3-c3ccccc3)-c3ccccc3C4(c3ccccc3)c3ccccc3)cc2)cc1. The lowest BCUT2D eigenvalue weighted by atomic mass is 9.67. The number of pyridine rings is 1. The maximum Gasteiger partial charge on any atom is 0.138 e. The van der Waals surface area contributed by atoms with E-state index in [1.54, 1.807) is 0 Å². The molecule has 0 atom stereocenters. The summed E-state index contributed by atoms with van der Waals surface area (Å²) in [6.45, 7) is 0. The number of nitrogens with zero attached hydrogens (tertiary/aromatic N) is 2. The second kappa shape index (κ2) is 14.3. The van der Waals surface area contributed by atoms with Gasteiger partial charge in [0.05, 0.1) is 15.8 Å². The highest BCUT2D eigenvalue weighted by atomic mass is 32.1. The van der Waals surface area contributed by atoms with Crippen LogP contribution in [0.2, 0.25) is 0 Å². The van der Waals surface area contributed by atoms with E-state index < -0.39 is 5.41 Å². The van der Waals surface area contributed by atoms with Crippen molar-refractivity contribution in [2.24, 2.45) is 0 Å². The standard InChI is InChI=1S/C58H38N2S/c1-5-17-39(18-6-1)40-29-32-45(33-30-40)60(56-36-50-55(38-59-56)61-54-34-31-42-21-13-14-26-46(42)57(50)54)53-37-52-49(35-48(53)41-19-7-2-8-20-41)47-27-15-16-28-51(47)58(52,43-22-9-3-10-23-43)44-24-11-4-12-25-44/h1-38H. The predicted octanol–water partition coefficient (Wildman–Crippen LogP) is 15.8. The van der Waals surface area contributed by atoms with Crippen molar-refractivity contribution in [3.05, 3.63) is 253 Å². The summed E-state index contributed by atoms with van der Waals surface area (Å²) < 4.78 is 2.44. The van der Waals surface area contributed by atoms with Gasteiger partial charge in [-0.1, -0.05) is 188 Å². The third-order valence-electron chi connectivity index (χ3n) is 12.6. The summed E-state index contributed by atoms with van der Waals surface area (Å²) in [5.74, 6) is 0.866. The van der Waals surface area contributed by atoms with E-state index in [2.05, 4.69) is 236 Å². The van der Waals surface area contributed by atoms with E-state index in [1.165, 1.54) is 75.5 Å². The minimum atomic E-state index is -0.568. The van der Waals surface area contributed by atoms with Crippen LogP contribution in [-0.2, 0) is 5.41 Å². The van der Waals surface area contributed by atoms with E-state index in [0.29, 0.717) is 0 Å². The van der Waals surface area contributed by atoms with Crippen molar-refractivity contribution in [3.63, 3.8) is 0 Å². The lowest BCUT2D eigenvalue weighted by Gasteiger charge is -2.35. The molecule has 0 radical (unpaired) electrons. The molecule has 0 fully saturated rings. The zero-order chi connectivity index (χ0) is 40.3. The first-order chi connectivity index (χ1) is 30.3. The molecule has 2 aromatic heterocycles. The van der Waals surface area contributed by atoms with Crippen molar-refractivity contribution in [2.75, 3.05) is 4.90 Å². The lowest BCUT2D eigenvalue weighted by Crippen LogP contribution is -2.28. The van der Waals surface area contributed by atoms with Gasteiger partial charge in [0.1, 0.15) is 5.82 Å². The van der Waals surface area contributed by atoms with Crippen LogP contribution in [0.25, 0.3) is 64.3 Å². The third kappa shape index (κ3) is 5.59. The molecule has 0 spiro atoms. The number of anilines is 3. The maximum absolute atomic E-state index is 5.37. The molecule has 1 aliphatic rings. The molecule has 0 saturated heterocycles. The Morgan fingerprint density at radius 3 is 1.74 bits per heavy atom. The molecule has 0 unspecified atom stereocenters. The van der Waals surface area contributed by atoms with Gasteiger partial charge >= 0.3 is 0 Å². The largest absolute Gasteiger partial charge is 0.294 e. The molecule has 0 N–H and O–H groups in total. The Kier molecular flexibility index (Phi) is 8.29. The predicted molar refractivity (Wildman–Crippen MR) is 257 cm³/mol. The van der Waals surface area contributed by atoms with E-state index in [-0.39, 0.29) is 0 Å². The number of hydrogen-bond donors (Lipinski definition) is 0. The molecule has 2 nitrogen and oxygen atoms in total. The van der Waals surface area contributed by atoms with Crippen LogP contribution in [0.4, 0.5) is 17.2 Å². The summed E-state index contributed by atoms with van der Waals surface area (Å²) in [6.07, 6.45) is 2.08. The van der Waals surface area contributed by atoms with Gasteiger partial charge in [-0.3, -0.25) is 4.90 Å². The second-order valence-corrected chi connectivity index (χ2v) is 16.9. The van der Waals surface area contributed by atoms with Crippen LogP contribution >= 0.6 is 11.3 Å². The summed E-state index contributed by atoms with van der Waals surface area (Å²) in [5, 5.41) is 4.99. The van der Waals surface area contributed by atoms with Crippen LogP contribution in [0.15, 0.2) is 231 Å². The number of thiophene rings is 1. The minimum Gasteiger partial charge on any atom is -0.294 e. The first-order valence-corrected chi connectivity index (χ1v) is 21.7. The summed E-state index contributed by atoms with van der Waals surface area (Å²) in [5.41, 5.74) is 13.7. The molecular weight excluding hydrogens is 757 g/mol. The molecule has 2 heterocycles. The van der Waals surface area contributed by atoms with Gasteiger partial charge < -0.3 is 0 Å². The number of aromatic nitrogens is 1. The summed E-state index contributed by atoms with van der Waals surface area (Å²) >= 11 is 1.81. The molecular formula is C58H38N2S. The van der Waals surface area contributed by atoms with Crippen LogP contribution in [0.1, 0.15) is 22.3 Å². The van der Waals surface area contributed by atoms with Crippen molar-refractivity contribution in [3.8, 4) is 33.4 Å². The van der Waals surface area contributed by atoms with Crippen LogP contribution in [0.3, 0.4) is 0 Å². The van der Waals surface area contributed by atoms with Crippen molar-refractivity contribution >= 4 is 59.5 Å². The number of rotatable bonds is 7. The van der Waals surface area contributed by atoms with Gasteiger partial charge in [0.25, 0.3) is 0 Å². The molecule has 0 amide bonds. The van der Waals surface area contributed by atoms with Gasteiger partial charge in [-0.15, -0.1) is 11.3 Å². The van der Waals surface area contributed by atoms with E-state index in [1.807, 2.05) is 11.3 Å². The van der Waals surface area contributed by atoms with Crippen LogP contribution in [0, 0.1) is 0 Å². The molecule has 286 valence electrons. The first-order valence-electron chi connectivity index (χ1n) is 20.9. The van der Waals surface area contributed by atoms with E-state index in [4.69, 9.17) is 4.98 Å². The fourth-order valence-corrected chi connectivity index (χ4v) is 11.0. The van der Waals surface area contributed by atoms with E-state index in [9.17, 15) is 0 Å². The van der Waals surface area contributed by atoms with Crippen molar-refractivity contribution in [1.82, 2.24) is 4.98 Å². The Balaban J connectivity index is 1.19. The van der Waals surface area contributed by atoms with Crippen molar-refractivity contribution in [2.45, 2.75) is 5.41 Å². The highest BCUT2D eigenvalue weighted by molar-refractivity contribution is 7.26. The van der Waals surface area contributed by atoms with E-state index in [0.717, 1.165) is 28.3 Å². The molecule has 9 aromatic carbocycles. The van der Waals surface area contributed by atoms with Crippen LogP contribution in [0.5, 0.6) is 0 Å². The Bertz CT molecular complexity index is 3350. The molecule has 1 aliphatic carbocycles. The average molecular weight is 795 g/mol. The Hall–Kier alpha value is -7.59. The molecule has 0 aliphatic heterocycles. The van der Waals surface area contributed by atoms with Gasteiger partial charge in [0, 0.05) is 32.9 Å². The average Bonchev–Trinajstić information content (AvgIpc) is 3.86. The molecule has 12 rings (SSSR count). The zero-order valence-corrected chi connectivity index (χ0v) is 34.1. The van der Waals surface area contributed by atoms with Crippen LogP contribution < -0.4 is 4.90 Å². The monoisotopic (exact) mass is 794 g/mol. The second-order valence-electron chi connectivity index (χ2n) is 15.9. The van der Waals surface area contributed by atoms with Crippen molar-refractivity contribution in [1.29, 1.82) is 0 Å². The fourth-order valence-electron chi connectivity index (χ4n) is 9.90. The highest BCUT2D eigenvalue weighted by Crippen LogP contribution is 2.59. The quantitative estimate of drug-likeness (QED) is 0.160. The number of benzene rings is 9. The number of hydrogen-bond acceptors (Lipinski definition) is 3. The summed E-state index contributed by atoms with van der Waals surface area (Å²) in [6, 6.07) is 82.1. The topological polar surface area (TPSA) is 16.1 Å². The minimum absolute atomic E-state index is 0.568. The normalized spacial score (nSPS) is 12.7. The third-order valence-corrected chi connectivity index (χ3v) is 13.7. The molecule has 61 heavy (non-hydrogen) atoms. The zero-order valence-electron chi connectivity index (χ0n) is 33.2. The molecule has 11 aromatic rings. The lowest BCUT2D eigenvalue weighted by molar-refractivity contribution is 0.768. The smallest absolute Gasteiger partial charge is 0.138 e. The Labute approximate surface area is 359 Å². The number of fused-ring (bicyclic) bond motifs is 8. The molecule has 0 saturated carbocycles. The van der Waals surface area contributed by atoms with Gasteiger partial charge in [-0.25, -0.2) is 4.98 Å². The summed E-state index contributed by atoms with van der Waals surface area (Å²) in [4.78, 5) is 7.77.